The van der Waals surface area contributed by atoms with E-state index in [1.54, 1.807) is 18.2 Å². The van der Waals surface area contributed by atoms with Crippen LogP contribution in [0, 0.1) is 5.92 Å². The minimum atomic E-state index is -1.20. The number of hydrogen-bond acceptors (Lipinski definition) is 4. The third-order valence-corrected chi connectivity index (χ3v) is 4.43. The molecule has 0 saturated carbocycles. The topological polar surface area (TPSA) is 121 Å². The summed E-state index contributed by atoms with van der Waals surface area (Å²) in [4.78, 5) is 36.3. The quantitative estimate of drug-likeness (QED) is 0.685. The van der Waals surface area contributed by atoms with Gasteiger partial charge in [-0.15, -0.1) is 0 Å². The third-order valence-electron chi connectivity index (χ3n) is 4.43. The molecular weight excluding hydrogens is 300 g/mol. The number of aliphatic hydroxyl groups excluding tert-OH is 1. The Labute approximate surface area is 132 Å². The number of carbonyl (C=O) groups is 3. The zero-order valence-corrected chi connectivity index (χ0v) is 12.4. The number of fused-ring (bicyclic) bond motifs is 1. The van der Waals surface area contributed by atoms with E-state index in [0.29, 0.717) is 17.6 Å². The lowest BCUT2D eigenvalue weighted by molar-refractivity contribution is -0.161. The Kier molecular flexibility index (Phi) is 3.45. The molecule has 0 radical (unpaired) electrons. The van der Waals surface area contributed by atoms with Crippen LogP contribution in [0.1, 0.15) is 29.3 Å². The van der Waals surface area contributed by atoms with Crippen LogP contribution in [0.25, 0.3) is 5.57 Å². The summed E-state index contributed by atoms with van der Waals surface area (Å²) in [6, 6.07) is 6.00. The fourth-order valence-electron chi connectivity index (χ4n) is 3.39. The average molecular weight is 316 g/mol. The molecule has 7 nitrogen and oxygen atoms in total. The van der Waals surface area contributed by atoms with Crippen LogP contribution in [0.3, 0.4) is 0 Å². The van der Waals surface area contributed by atoms with E-state index in [4.69, 9.17) is 5.73 Å². The molecule has 1 saturated heterocycles. The first-order valence-corrected chi connectivity index (χ1v) is 7.20. The second-order valence-electron chi connectivity index (χ2n) is 5.82. The van der Waals surface area contributed by atoms with Gasteiger partial charge in [-0.1, -0.05) is 12.1 Å². The van der Waals surface area contributed by atoms with E-state index >= 15 is 0 Å². The average Bonchev–Trinajstić information content (AvgIpc) is 2.82. The second kappa shape index (κ2) is 5.20. The van der Waals surface area contributed by atoms with Gasteiger partial charge in [0, 0.05) is 5.56 Å². The molecule has 4 N–H and O–H groups in total. The maximum atomic E-state index is 12.1. The lowest BCUT2D eigenvalue weighted by Crippen LogP contribution is -2.61. The highest BCUT2D eigenvalue weighted by Gasteiger charge is 2.56. The fourth-order valence-corrected chi connectivity index (χ4v) is 3.39. The summed E-state index contributed by atoms with van der Waals surface area (Å²) in [7, 11) is 0. The van der Waals surface area contributed by atoms with Crippen LogP contribution in [0.4, 0.5) is 0 Å². The molecule has 1 fully saturated rings. The Morgan fingerprint density at radius 1 is 1.39 bits per heavy atom. The predicted octanol–water partition coefficient (Wildman–Crippen LogP) is 0.193. The van der Waals surface area contributed by atoms with Crippen molar-refractivity contribution in [1.82, 2.24) is 4.90 Å². The first-order chi connectivity index (χ1) is 10.8. The summed E-state index contributed by atoms with van der Waals surface area (Å²) in [6.07, 6.45) is -0.513. The van der Waals surface area contributed by atoms with Gasteiger partial charge in [-0.2, -0.15) is 0 Å². The lowest BCUT2D eigenvalue weighted by Gasteiger charge is -2.44. The number of nitrogens with zero attached hydrogens (tertiary/aromatic N) is 1. The van der Waals surface area contributed by atoms with Gasteiger partial charge in [-0.25, -0.2) is 4.79 Å². The number of β-lactam (4-membered cyclic amide) rings is 1. The number of aliphatic carboxylic acids is 1. The van der Waals surface area contributed by atoms with Gasteiger partial charge in [0.2, 0.25) is 11.8 Å². The molecule has 0 spiro atoms. The molecule has 1 aromatic rings. The van der Waals surface area contributed by atoms with Crippen molar-refractivity contribution in [3.8, 4) is 0 Å². The summed E-state index contributed by atoms with van der Waals surface area (Å²) >= 11 is 0. The summed E-state index contributed by atoms with van der Waals surface area (Å²) < 4.78 is 0. The van der Waals surface area contributed by atoms with E-state index in [2.05, 4.69) is 0 Å². The van der Waals surface area contributed by atoms with Gasteiger partial charge in [0.25, 0.3) is 0 Å². The normalized spacial score (nSPS) is 24.3. The summed E-state index contributed by atoms with van der Waals surface area (Å²) in [5.41, 5.74) is 6.46. The van der Waals surface area contributed by atoms with Gasteiger partial charge in [0.05, 0.1) is 18.1 Å². The maximum Gasteiger partial charge on any atom is 0.352 e. The molecule has 1 aromatic carbocycles. The number of nitrogens with two attached hydrogens (primary N) is 1. The van der Waals surface area contributed by atoms with Crippen LogP contribution in [0.15, 0.2) is 30.0 Å². The number of carbonyl (C=O) groups excluding carboxylic acids is 2. The van der Waals surface area contributed by atoms with Crippen molar-refractivity contribution in [2.45, 2.75) is 25.5 Å². The summed E-state index contributed by atoms with van der Waals surface area (Å²) in [5, 5.41) is 19.2. The lowest BCUT2D eigenvalue weighted by atomic mass is 9.82. The Bertz CT molecular complexity index is 753. The number of hydrogen-bond donors (Lipinski definition) is 3. The highest BCUT2D eigenvalue weighted by Crippen LogP contribution is 2.46. The molecule has 2 aliphatic heterocycles. The number of primary amides is 1. The SMILES string of the molecule is CC(O)C1C(=O)N2C(C(=O)O)=C(c3cccc(C(N)=O)c3)CC12. The Balaban J connectivity index is 2.05. The number of rotatable bonds is 4. The number of carboxylic acid groups (broad SMARTS) is 1. The van der Waals surface area contributed by atoms with Crippen molar-refractivity contribution in [3.63, 3.8) is 0 Å². The zero-order chi connectivity index (χ0) is 16.9. The number of aliphatic hydroxyl groups is 1. The van der Waals surface area contributed by atoms with Crippen LogP contribution in [-0.2, 0) is 9.59 Å². The van der Waals surface area contributed by atoms with Gasteiger partial charge in [0.1, 0.15) is 5.70 Å². The highest BCUT2D eigenvalue weighted by molar-refractivity contribution is 6.06. The van der Waals surface area contributed by atoms with Gasteiger partial charge < -0.3 is 20.8 Å². The smallest absolute Gasteiger partial charge is 0.352 e. The summed E-state index contributed by atoms with van der Waals surface area (Å²) in [5.74, 6) is -2.79. The van der Waals surface area contributed by atoms with Crippen molar-refractivity contribution < 1.29 is 24.6 Å². The van der Waals surface area contributed by atoms with E-state index in [0.717, 1.165) is 0 Å². The highest BCUT2D eigenvalue weighted by atomic mass is 16.4. The van der Waals surface area contributed by atoms with Crippen molar-refractivity contribution >= 4 is 23.4 Å². The molecule has 0 aliphatic carbocycles. The van der Waals surface area contributed by atoms with Crippen molar-refractivity contribution in [1.29, 1.82) is 0 Å². The molecule has 23 heavy (non-hydrogen) atoms. The van der Waals surface area contributed by atoms with Crippen molar-refractivity contribution in [2.75, 3.05) is 0 Å². The van der Waals surface area contributed by atoms with Crippen LogP contribution in [-0.4, -0.2) is 45.0 Å². The minimum absolute atomic E-state index is 0.0847. The third kappa shape index (κ3) is 2.20. The number of benzene rings is 1. The zero-order valence-electron chi connectivity index (χ0n) is 12.4. The van der Waals surface area contributed by atoms with E-state index in [9.17, 15) is 24.6 Å². The van der Waals surface area contributed by atoms with Crippen LogP contribution >= 0.6 is 0 Å². The van der Waals surface area contributed by atoms with E-state index < -0.39 is 23.9 Å². The molecule has 3 atom stereocenters. The van der Waals surface area contributed by atoms with Crippen molar-refractivity contribution in [3.05, 3.63) is 41.1 Å². The van der Waals surface area contributed by atoms with Gasteiger partial charge in [0.15, 0.2) is 0 Å². The molecule has 120 valence electrons. The molecular formula is C16H16N2O5. The largest absolute Gasteiger partial charge is 0.477 e. The number of amides is 2. The molecule has 3 rings (SSSR count). The first kappa shape index (κ1) is 15.2. The molecule has 2 amide bonds. The summed E-state index contributed by atoms with van der Waals surface area (Å²) in [6.45, 7) is 1.52. The Hall–Kier alpha value is -2.67. The van der Waals surface area contributed by atoms with Gasteiger partial charge >= 0.3 is 5.97 Å². The molecule has 7 heteroatoms. The van der Waals surface area contributed by atoms with E-state index in [1.165, 1.54) is 17.9 Å². The van der Waals surface area contributed by atoms with E-state index in [-0.39, 0.29) is 23.2 Å². The van der Waals surface area contributed by atoms with Crippen LogP contribution in [0.2, 0.25) is 0 Å². The standard InChI is InChI=1S/C16H16N2O5/c1-7(19)12-11-6-10(13(16(22)23)18(11)15(12)21)8-3-2-4-9(5-8)14(17)20/h2-5,7,11-12,19H,6H2,1H3,(H2,17,20)(H,22,23). The second-order valence-corrected chi connectivity index (χ2v) is 5.82. The number of carboxylic acids is 1. The molecule has 0 bridgehead atoms. The van der Waals surface area contributed by atoms with Gasteiger partial charge in [-0.3, -0.25) is 9.59 Å². The van der Waals surface area contributed by atoms with Crippen LogP contribution < -0.4 is 5.73 Å². The molecule has 0 aromatic heterocycles. The maximum absolute atomic E-state index is 12.1. The van der Waals surface area contributed by atoms with Crippen molar-refractivity contribution in [2.24, 2.45) is 11.7 Å². The van der Waals surface area contributed by atoms with Gasteiger partial charge in [-0.05, 0) is 36.6 Å². The monoisotopic (exact) mass is 316 g/mol. The Morgan fingerprint density at radius 2 is 2.09 bits per heavy atom. The molecule has 2 heterocycles. The molecule has 3 unspecified atom stereocenters. The minimum Gasteiger partial charge on any atom is -0.477 e. The fraction of sp³-hybridized carbons (Fsp3) is 0.312. The van der Waals surface area contributed by atoms with Crippen LogP contribution in [0.5, 0.6) is 0 Å². The predicted molar refractivity (Wildman–Crippen MR) is 79.9 cm³/mol. The first-order valence-electron chi connectivity index (χ1n) is 7.20. The Morgan fingerprint density at radius 3 is 2.65 bits per heavy atom. The van der Waals surface area contributed by atoms with E-state index in [1.807, 2.05) is 0 Å². The molecule has 2 aliphatic rings.